The van der Waals surface area contributed by atoms with Gasteiger partial charge >= 0.3 is 10.1 Å². The van der Waals surface area contributed by atoms with E-state index in [4.69, 9.17) is 31.8 Å². The maximum Gasteiger partial charge on any atom is 0.339 e. The van der Waals surface area contributed by atoms with E-state index < -0.39 is 10.1 Å². The van der Waals surface area contributed by atoms with E-state index in [1.165, 1.54) is 30.3 Å². The highest BCUT2D eigenvalue weighted by Gasteiger charge is 2.18. The second-order valence-electron chi connectivity index (χ2n) is 4.48. The van der Waals surface area contributed by atoms with Gasteiger partial charge in [0.05, 0.1) is 10.0 Å². The van der Waals surface area contributed by atoms with Crippen molar-refractivity contribution in [3.63, 3.8) is 0 Å². The Morgan fingerprint density at radius 3 is 2.59 bits per heavy atom. The van der Waals surface area contributed by atoms with Gasteiger partial charge in [-0.25, -0.2) is 4.98 Å². The first-order valence-electron chi connectivity index (χ1n) is 6.12. The van der Waals surface area contributed by atoms with Gasteiger partial charge in [0.25, 0.3) is 0 Å². The molecule has 0 aliphatic rings. The maximum atomic E-state index is 12.2. The van der Waals surface area contributed by atoms with Gasteiger partial charge in [-0.15, -0.1) is 0 Å². The Labute approximate surface area is 136 Å². The summed E-state index contributed by atoms with van der Waals surface area (Å²) in [5, 5.41) is 0.395. The van der Waals surface area contributed by atoms with Crippen molar-refractivity contribution < 1.29 is 17.0 Å². The molecule has 0 saturated heterocycles. The molecule has 22 heavy (non-hydrogen) atoms. The predicted molar refractivity (Wildman–Crippen MR) is 83.0 cm³/mol. The topological polar surface area (TPSA) is 69.4 Å². The third kappa shape index (κ3) is 2.90. The molecule has 0 amide bonds. The Hall–Kier alpha value is -1.76. The predicted octanol–water partition coefficient (Wildman–Crippen LogP) is 4.21. The normalized spacial score (nSPS) is 11.8. The van der Waals surface area contributed by atoms with Gasteiger partial charge in [-0.3, -0.25) is 0 Å². The van der Waals surface area contributed by atoms with E-state index in [-0.39, 0.29) is 20.7 Å². The molecule has 114 valence electrons. The van der Waals surface area contributed by atoms with Crippen molar-refractivity contribution in [3.05, 3.63) is 52.3 Å². The van der Waals surface area contributed by atoms with E-state index in [0.717, 1.165) is 0 Å². The van der Waals surface area contributed by atoms with E-state index >= 15 is 0 Å². The fourth-order valence-electron chi connectivity index (χ4n) is 1.88. The number of hydrogen-bond donors (Lipinski definition) is 0. The first-order valence-corrected chi connectivity index (χ1v) is 8.28. The molecular weight excluding hydrogens is 349 g/mol. The highest BCUT2D eigenvalue weighted by atomic mass is 35.5. The van der Waals surface area contributed by atoms with Crippen molar-refractivity contribution in [2.75, 3.05) is 0 Å². The number of aromatic nitrogens is 1. The SMILES string of the molecule is Cc1nc2ccc(OS(=O)(=O)c3ccc(Cl)c(Cl)c3)cc2o1. The molecule has 0 aliphatic carbocycles. The van der Waals surface area contributed by atoms with Gasteiger partial charge in [-0.2, -0.15) is 8.42 Å². The molecule has 0 bridgehead atoms. The molecule has 0 fully saturated rings. The second-order valence-corrected chi connectivity index (χ2v) is 6.84. The standard InChI is InChI=1S/C14H9Cl2NO4S/c1-8-17-13-5-2-9(6-14(13)20-8)21-22(18,19)10-3-4-11(15)12(16)7-10/h2-7H,1H3. The lowest BCUT2D eigenvalue weighted by Crippen LogP contribution is -2.09. The maximum absolute atomic E-state index is 12.2. The van der Waals surface area contributed by atoms with Crippen LogP contribution in [0.1, 0.15) is 5.89 Å². The van der Waals surface area contributed by atoms with E-state index in [0.29, 0.717) is 17.0 Å². The third-order valence-corrected chi connectivity index (χ3v) is 4.83. The molecule has 0 atom stereocenters. The lowest BCUT2D eigenvalue weighted by molar-refractivity contribution is 0.485. The summed E-state index contributed by atoms with van der Waals surface area (Å²) in [7, 11) is -4.02. The molecular formula is C14H9Cl2NO4S. The Balaban J connectivity index is 1.96. The molecule has 2 aromatic carbocycles. The number of halogens is 2. The summed E-state index contributed by atoms with van der Waals surface area (Å²) in [5.41, 5.74) is 1.07. The molecule has 8 heteroatoms. The minimum atomic E-state index is -4.02. The molecule has 0 spiro atoms. The summed E-state index contributed by atoms with van der Waals surface area (Å²) >= 11 is 11.6. The molecule has 0 aliphatic heterocycles. The van der Waals surface area contributed by atoms with Gasteiger partial charge in [0.2, 0.25) is 0 Å². The molecule has 5 nitrogen and oxygen atoms in total. The van der Waals surface area contributed by atoms with E-state index in [2.05, 4.69) is 4.98 Å². The summed E-state index contributed by atoms with van der Waals surface area (Å²) < 4.78 is 34.9. The van der Waals surface area contributed by atoms with Crippen molar-refractivity contribution in [1.82, 2.24) is 4.98 Å². The van der Waals surface area contributed by atoms with Crippen LogP contribution in [0.5, 0.6) is 5.75 Å². The van der Waals surface area contributed by atoms with Gasteiger partial charge in [-0.05, 0) is 30.3 Å². The first-order chi connectivity index (χ1) is 10.3. The number of benzene rings is 2. The molecule has 3 aromatic rings. The molecule has 3 rings (SSSR count). The van der Waals surface area contributed by atoms with Crippen LogP contribution >= 0.6 is 23.2 Å². The fourth-order valence-corrected chi connectivity index (χ4v) is 3.19. The molecule has 1 aromatic heterocycles. The third-order valence-electron chi connectivity index (χ3n) is 2.85. The van der Waals surface area contributed by atoms with Crippen molar-refractivity contribution in [2.45, 2.75) is 11.8 Å². The van der Waals surface area contributed by atoms with Gasteiger partial charge in [0.15, 0.2) is 11.5 Å². The van der Waals surface area contributed by atoms with Crippen LogP contribution in [0.3, 0.4) is 0 Å². The summed E-state index contributed by atoms with van der Waals surface area (Å²) in [6.07, 6.45) is 0. The van der Waals surface area contributed by atoms with Crippen molar-refractivity contribution in [3.8, 4) is 5.75 Å². The number of oxazole rings is 1. The van der Waals surface area contributed by atoms with Crippen LogP contribution < -0.4 is 4.18 Å². The average molecular weight is 358 g/mol. The monoisotopic (exact) mass is 357 g/mol. The van der Waals surface area contributed by atoms with Crippen LogP contribution in [-0.2, 0) is 10.1 Å². The number of hydrogen-bond acceptors (Lipinski definition) is 5. The molecule has 0 N–H and O–H groups in total. The zero-order valence-corrected chi connectivity index (χ0v) is 13.5. The lowest BCUT2D eigenvalue weighted by atomic mass is 10.3. The van der Waals surface area contributed by atoms with Crippen molar-refractivity contribution >= 4 is 44.4 Å². The Kier molecular flexibility index (Phi) is 3.76. The highest BCUT2D eigenvalue weighted by Crippen LogP contribution is 2.28. The first kappa shape index (κ1) is 15.1. The van der Waals surface area contributed by atoms with Crippen LogP contribution in [-0.4, -0.2) is 13.4 Å². The largest absolute Gasteiger partial charge is 0.441 e. The molecule has 0 unspecified atom stereocenters. The Morgan fingerprint density at radius 1 is 1.09 bits per heavy atom. The summed E-state index contributed by atoms with van der Waals surface area (Å²) in [4.78, 5) is 4.04. The smallest absolute Gasteiger partial charge is 0.339 e. The van der Waals surface area contributed by atoms with Crippen LogP contribution in [0.25, 0.3) is 11.1 Å². The molecule has 0 radical (unpaired) electrons. The lowest BCUT2D eigenvalue weighted by Gasteiger charge is -2.07. The number of rotatable bonds is 3. The summed E-state index contributed by atoms with van der Waals surface area (Å²) in [6.45, 7) is 1.70. The van der Waals surface area contributed by atoms with Gasteiger partial charge in [-0.1, -0.05) is 23.2 Å². The van der Waals surface area contributed by atoms with E-state index in [9.17, 15) is 8.42 Å². The quantitative estimate of drug-likeness (QED) is 0.656. The van der Waals surface area contributed by atoms with Crippen molar-refractivity contribution in [2.24, 2.45) is 0 Å². The number of nitrogens with zero attached hydrogens (tertiary/aromatic N) is 1. The minimum Gasteiger partial charge on any atom is -0.441 e. The van der Waals surface area contributed by atoms with Crippen LogP contribution in [0.15, 0.2) is 45.7 Å². The number of aryl methyl sites for hydroxylation is 1. The summed E-state index contributed by atoms with van der Waals surface area (Å²) in [5.74, 6) is 0.606. The van der Waals surface area contributed by atoms with E-state index in [1.807, 2.05) is 0 Å². The Morgan fingerprint density at radius 2 is 1.86 bits per heavy atom. The minimum absolute atomic E-state index is 0.0873. The molecule has 1 heterocycles. The van der Waals surface area contributed by atoms with Crippen molar-refractivity contribution in [1.29, 1.82) is 0 Å². The van der Waals surface area contributed by atoms with Crippen LogP contribution in [0, 0.1) is 6.92 Å². The second kappa shape index (κ2) is 5.46. The average Bonchev–Trinajstić information content (AvgIpc) is 2.80. The van der Waals surface area contributed by atoms with Crippen LogP contribution in [0.2, 0.25) is 10.0 Å². The zero-order valence-electron chi connectivity index (χ0n) is 11.2. The number of fused-ring (bicyclic) bond motifs is 1. The van der Waals surface area contributed by atoms with E-state index in [1.54, 1.807) is 13.0 Å². The van der Waals surface area contributed by atoms with Gasteiger partial charge in [0, 0.05) is 13.0 Å². The summed E-state index contributed by atoms with van der Waals surface area (Å²) in [6, 6.07) is 8.52. The zero-order chi connectivity index (χ0) is 15.9. The van der Waals surface area contributed by atoms with Gasteiger partial charge < -0.3 is 8.60 Å². The Bertz CT molecular complexity index is 966. The highest BCUT2D eigenvalue weighted by molar-refractivity contribution is 7.87. The van der Waals surface area contributed by atoms with Crippen LogP contribution in [0.4, 0.5) is 0 Å². The van der Waals surface area contributed by atoms with Gasteiger partial charge in [0.1, 0.15) is 16.2 Å². The fraction of sp³-hybridized carbons (Fsp3) is 0.0714. The molecule has 0 saturated carbocycles.